The lowest BCUT2D eigenvalue weighted by molar-refractivity contribution is -0.133. The number of nitrogens with zero attached hydrogens (tertiary/aromatic N) is 3. The van der Waals surface area contributed by atoms with Crippen LogP contribution in [-0.2, 0) is 17.8 Å². The standard InChI is InChI=1S/C21H27FN4O3/c1-5-24(3)9-6-10-25-19(27)21(2)11-13-15(12-26(21)20(25)28)23-14-7-8-16(29-4)18(22)17(13)14/h7-8,23H,5-6,9-12H2,1-4H3/t21-/m0/s1. The molecule has 0 spiro atoms. The highest BCUT2D eigenvalue weighted by Crippen LogP contribution is 2.42. The van der Waals surface area contributed by atoms with Gasteiger partial charge in [0, 0.05) is 29.6 Å². The van der Waals surface area contributed by atoms with Crippen LogP contribution in [0, 0.1) is 5.82 Å². The van der Waals surface area contributed by atoms with Gasteiger partial charge in [-0.2, -0.15) is 0 Å². The number of carbonyl (C=O) groups excluding carboxylic acids is 2. The maximum absolute atomic E-state index is 15.0. The van der Waals surface area contributed by atoms with Crippen LogP contribution in [0.5, 0.6) is 5.75 Å². The molecule has 0 unspecified atom stereocenters. The number of carbonyl (C=O) groups is 2. The summed E-state index contributed by atoms with van der Waals surface area (Å²) >= 11 is 0. The molecule has 0 radical (unpaired) electrons. The molecule has 1 fully saturated rings. The normalized spacial score (nSPS) is 21.3. The number of ether oxygens (including phenoxy) is 1. The van der Waals surface area contributed by atoms with Crippen molar-refractivity contribution in [2.24, 2.45) is 0 Å². The van der Waals surface area contributed by atoms with Crippen molar-refractivity contribution in [3.05, 3.63) is 29.2 Å². The van der Waals surface area contributed by atoms with E-state index in [1.807, 2.05) is 7.05 Å². The number of imide groups is 1. The van der Waals surface area contributed by atoms with Crippen LogP contribution >= 0.6 is 0 Å². The third-order valence-electron chi connectivity index (χ3n) is 6.34. The smallest absolute Gasteiger partial charge is 0.328 e. The van der Waals surface area contributed by atoms with Crippen molar-refractivity contribution < 1.29 is 18.7 Å². The average molecular weight is 402 g/mol. The van der Waals surface area contributed by atoms with Gasteiger partial charge in [0.15, 0.2) is 11.6 Å². The van der Waals surface area contributed by atoms with Gasteiger partial charge < -0.3 is 19.5 Å². The van der Waals surface area contributed by atoms with Crippen molar-refractivity contribution in [1.29, 1.82) is 0 Å². The van der Waals surface area contributed by atoms with E-state index in [2.05, 4.69) is 16.8 Å². The van der Waals surface area contributed by atoms with Gasteiger partial charge in [-0.1, -0.05) is 6.92 Å². The number of H-pyrrole nitrogens is 1. The molecule has 3 amide bonds. The van der Waals surface area contributed by atoms with Crippen molar-refractivity contribution >= 4 is 22.8 Å². The Morgan fingerprint density at radius 1 is 1.34 bits per heavy atom. The molecule has 0 saturated carbocycles. The summed E-state index contributed by atoms with van der Waals surface area (Å²) in [6.07, 6.45) is 1.01. The van der Waals surface area contributed by atoms with E-state index in [-0.39, 0.29) is 30.7 Å². The van der Waals surface area contributed by atoms with Gasteiger partial charge in [0.25, 0.3) is 5.91 Å². The molecule has 3 heterocycles. The number of fused-ring (bicyclic) bond motifs is 4. The van der Waals surface area contributed by atoms with E-state index in [1.165, 1.54) is 12.0 Å². The summed E-state index contributed by atoms with van der Waals surface area (Å²) in [5.74, 6) is -0.469. The minimum atomic E-state index is -0.995. The lowest BCUT2D eigenvalue weighted by Crippen LogP contribution is -2.51. The molecular formula is C21H27FN4O3. The molecule has 4 rings (SSSR count). The number of urea groups is 1. The van der Waals surface area contributed by atoms with Gasteiger partial charge >= 0.3 is 6.03 Å². The quantitative estimate of drug-likeness (QED) is 0.755. The first-order valence-electron chi connectivity index (χ1n) is 9.99. The number of benzene rings is 1. The molecule has 1 N–H and O–H groups in total. The molecule has 0 bridgehead atoms. The number of nitrogens with one attached hydrogen (secondary N) is 1. The fraction of sp³-hybridized carbons (Fsp3) is 0.524. The van der Waals surface area contributed by atoms with Crippen LogP contribution in [0.25, 0.3) is 10.9 Å². The Bertz CT molecular complexity index is 988. The highest BCUT2D eigenvalue weighted by molar-refractivity contribution is 6.07. The van der Waals surface area contributed by atoms with Crippen LogP contribution in [0.4, 0.5) is 9.18 Å². The van der Waals surface area contributed by atoms with Gasteiger partial charge in [0.1, 0.15) is 5.54 Å². The van der Waals surface area contributed by atoms with Crippen LogP contribution in [-0.4, -0.2) is 71.0 Å². The van der Waals surface area contributed by atoms with Gasteiger partial charge in [-0.25, -0.2) is 9.18 Å². The summed E-state index contributed by atoms with van der Waals surface area (Å²) in [5, 5.41) is 0.448. The van der Waals surface area contributed by atoms with Crippen LogP contribution in [0.2, 0.25) is 0 Å². The Balaban J connectivity index is 1.65. The summed E-state index contributed by atoms with van der Waals surface area (Å²) in [7, 11) is 3.44. The molecule has 1 saturated heterocycles. The number of rotatable bonds is 6. The van der Waals surface area contributed by atoms with Gasteiger partial charge in [0.2, 0.25) is 0 Å². The maximum atomic E-state index is 15.0. The number of halogens is 1. The highest BCUT2D eigenvalue weighted by atomic mass is 19.1. The second-order valence-electron chi connectivity index (χ2n) is 8.11. The predicted molar refractivity (Wildman–Crippen MR) is 107 cm³/mol. The lowest BCUT2D eigenvalue weighted by atomic mass is 9.86. The Morgan fingerprint density at radius 2 is 2.10 bits per heavy atom. The molecule has 2 aromatic rings. The van der Waals surface area contributed by atoms with E-state index in [1.54, 1.807) is 24.0 Å². The van der Waals surface area contributed by atoms with Gasteiger partial charge in [-0.3, -0.25) is 9.69 Å². The molecule has 1 aromatic heterocycles. The second-order valence-corrected chi connectivity index (χ2v) is 8.11. The minimum Gasteiger partial charge on any atom is -0.494 e. The largest absolute Gasteiger partial charge is 0.494 e. The van der Waals surface area contributed by atoms with Crippen LogP contribution in [0.3, 0.4) is 0 Å². The average Bonchev–Trinajstić information content (AvgIpc) is 3.14. The Hall–Kier alpha value is -2.61. The fourth-order valence-corrected chi connectivity index (χ4v) is 4.45. The van der Waals surface area contributed by atoms with Crippen molar-refractivity contribution in [3.8, 4) is 5.75 Å². The van der Waals surface area contributed by atoms with Crippen molar-refractivity contribution in [1.82, 2.24) is 19.7 Å². The molecule has 29 heavy (non-hydrogen) atoms. The van der Waals surface area contributed by atoms with Crippen LogP contribution in [0.1, 0.15) is 31.5 Å². The first kappa shape index (κ1) is 19.7. The van der Waals surface area contributed by atoms with Gasteiger partial charge in [-0.15, -0.1) is 0 Å². The van der Waals surface area contributed by atoms with E-state index in [0.717, 1.165) is 30.8 Å². The van der Waals surface area contributed by atoms with Gasteiger partial charge in [0.05, 0.1) is 13.7 Å². The van der Waals surface area contributed by atoms with E-state index >= 15 is 0 Å². The molecule has 156 valence electrons. The summed E-state index contributed by atoms with van der Waals surface area (Å²) in [6.45, 7) is 6.25. The summed E-state index contributed by atoms with van der Waals surface area (Å²) in [4.78, 5) is 34.6. The SMILES string of the molecule is CCN(C)CCCN1C(=O)N2Cc3[nH]c4ccc(OC)c(F)c4c3C[C@@]2(C)C1=O. The molecule has 1 atom stereocenters. The number of amides is 3. The topological polar surface area (TPSA) is 68.9 Å². The van der Waals surface area contributed by atoms with Gasteiger partial charge in [-0.05, 0) is 51.2 Å². The molecule has 7 nitrogen and oxygen atoms in total. The second kappa shape index (κ2) is 7.02. The number of aromatic amines is 1. The van der Waals surface area contributed by atoms with E-state index in [4.69, 9.17) is 4.74 Å². The molecule has 2 aliphatic rings. The number of aromatic nitrogens is 1. The third-order valence-corrected chi connectivity index (χ3v) is 6.34. The predicted octanol–water partition coefficient (Wildman–Crippen LogP) is 2.74. The highest BCUT2D eigenvalue weighted by Gasteiger charge is 2.56. The van der Waals surface area contributed by atoms with Crippen LogP contribution in [0.15, 0.2) is 12.1 Å². The molecule has 0 aliphatic carbocycles. The number of methoxy groups -OCH3 is 1. The van der Waals surface area contributed by atoms with Crippen molar-refractivity contribution in [2.75, 3.05) is 33.8 Å². The van der Waals surface area contributed by atoms with E-state index in [9.17, 15) is 14.0 Å². The Morgan fingerprint density at radius 3 is 2.79 bits per heavy atom. The van der Waals surface area contributed by atoms with E-state index < -0.39 is 11.4 Å². The van der Waals surface area contributed by atoms with Crippen molar-refractivity contribution in [2.45, 2.75) is 38.8 Å². The fourth-order valence-electron chi connectivity index (χ4n) is 4.45. The first-order valence-corrected chi connectivity index (χ1v) is 9.99. The summed E-state index contributed by atoms with van der Waals surface area (Å²) in [6, 6.07) is 3.08. The Labute approximate surface area is 169 Å². The van der Waals surface area contributed by atoms with Crippen LogP contribution < -0.4 is 4.74 Å². The summed E-state index contributed by atoms with van der Waals surface area (Å²) in [5.41, 5.74) is 1.19. The molecular weight excluding hydrogens is 375 g/mol. The zero-order valence-electron chi connectivity index (χ0n) is 17.3. The minimum absolute atomic E-state index is 0.169. The number of hydrogen-bond donors (Lipinski definition) is 1. The maximum Gasteiger partial charge on any atom is 0.328 e. The zero-order chi connectivity index (χ0) is 20.9. The van der Waals surface area contributed by atoms with E-state index in [0.29, 0.717) is 17.4 Å². The van der Waals surface area contributed by atoms with Crippen molar-refractivity contribution in [3.63, 3.8) is 0 Å². The summed E-state index contributed by atoms with van der Waals surface area (Å²) < 4.78 is 20.1. The third kappa shape index (κ3) is 2.88. The number of hydrogen-bond acceptors (Lipinski definition) is 4. The lowest BCUT2D eigenvalue weighted by Gasteiger charge is -2.35. The molecule has 8 heteroatoms. The monoisotopic (exact) mass is 402 g/mol. The Kier molecular flexibility index (Phi) is 4.77. The molecule has 2 aliphatic heterocycles. The molecule has 1 aromatic carbocycles. The zero-order valence-corrected chi connectivity index (χ0v) is 17.3. The first-order chi connectivity index (χ1) is 13.8.